The minimum atomic E-state index is -2.86. The fraction of sp³-hybridized carbons (Fsp3) is 0.0172. The fourth-order valence-corrected chi connectivity index (χ4v) is 14.2. The predicted molar refractivity (Wildman–Crippen MR) is 264 cm³/mol. The van der Waals surface area contributed by atoms with Gasteiger partial charge in [0.2, 0.25) is 0 Å². The van der Waals surface area contributed by atoms with Crippen LogP contribution in [0.5, 0.6) is 0 Å². The van der Waals surface area contributed by atoms with Crippen molar-refractivity contribution < 1.29 is 0 Å². The predicted octanol–water partition coefficient (Wildman–Crippen LogP) is 11.3. The number of rotatable bonds is 9. The molecule has 11 aromatic rings. The van der Waals surface area contributed by atoms with E-state index in [0.717, 1.165) is 44.5 Å². The average molecular weight is 823 g/mol. The first-order chi connectivity index (χ1) is 31.1. The first kappa shape index (κ1) is 38.0. The van der Waals surface area contributed by atoms with E-state index in [1.54, 1.807) is 0 Å². The van der Waals surface area contributed by atoms with E-state index in [2.05, 4.69) is 212 Å². The van der Waals surface area contributed by atoms with Gasteiger partial charge in [-0.05, 0) is 75.2 Å². The summed E-state index contributed by atoms with van der Waals surface area (Å²) < 4.78 is 2.40. The van der Waals surface area contributed by atoms with E-state index in [9.17, 15) is 0 Å². The molecule has 2 heterocycles. The first-order valence-corrected chi connectivity index (χ1v) is 23.4. The Kier molecular flexibility index (Phi) is 9.72. The van der Waals surface area contributed by atoms with Crippen molar-refractivity contribution in [2.24, 2.45) is 0 Å². The molecule has 0 N–H and O–H groups in total. The lowest BCUT2D eigenvalue weighted by molar-refractivity contribution is 1.07. The lowest BCUT2D eigenvalue weighted by atomic mass is 9.98. The first-order valence-electron chi connectivity index (χ1n) is 21.4. The molecule has 0 radical (unpaired) electrons. The molecule has 0 saturated heterocycles. The number of para-hydroxylation sites is 1. The third kappa shape index (κ3) is 6.76. The van der Waals surface area contributed by atoms with E-state index in [1.165, 1.54) is 37.1 Å². The van der Waals surface area contributed by atoms with Gasteiger partial charge in [-0.2, -0.15) is 0 Å². The molecule has 0 spiro atoms. The third-order valence-electron chi connectivity index (χ3n) is 12.3. The maximum absolute atomic E-state index is 5.28. The van der Waals surface area contributed by atoms with Crippen LogP contribution in [0, 0.1) is 6.92 Å². The fourth-order valence-electron chi connectivity index (χ4n) is 9.38. The van der Waals surface area contributed by atoms with Crippen molar-refractivity contribution in [3.05, 3.63) is 242 Å². The molecule has 0 amide bonds. The molecule has 0 aliphatic rings. The Morgan fingerprint density at radius 1 is 0.333 bits per heavy atom. The Balaban J connectivity index is 1.21. The molecule has 63 heavy (non-hydrogen) atoms. The highest BCUT2D eigenvalue weighted by Crippen LogP contribution is 2.38. The largest absolute Gasteiger partial charge is 0.309 e. The zero-order chi connectivity index (χ0) is 42.2. The Labute approximate surface area is 368 Å². The van der Waals surface area contributed by atoms with Crippen LogP contribution < -0.4 is 20.7 Å². The summed E-state index contributed by atoms with van der Waals surface area (Å²) in [6, 6.07) is 85.2. The van der Waals surface area contributed by atoms with Crippen LogP contribution in [-0.2, 0) is 0 Å². The number of aromatic nitrogens is 4. The van der Waals surface area contributed by atoms with E-state index >= 15 is 0 Å². The van der Waals surface area contributed by atoms with E-state index in [-0.39, 0.29) is 0 Å². The summed E-state index contributed by atoms with van der Waals surface area (Å²) in [7, 11) is -2.86. The topological polar surface area (TPSA) is 43.6 Å². The van der Waals surface area contributed by atoms with Gasteiger partial charge in [0.05, 0.1) is 11.0 Å². The van der Waals surface area contributed by atoms with E-state index in [1.807, 2.05) is 36.4 Å². The van der Waals surface area contributed by atoms with Crippen LogP contribution in [0.1, 0.15) is 5.56 Å². The van der Waals surface area contributed by atoms with Crippen LogP contribution in [0.25, 0.3) is 72.8 Å². The summed E-state index contributed by atoms with van der Waals surface area (Å²) in [4.78, 5) is 15.6. The summed E-state index contributed by atoms with van der Waals surface area (Å²) in [6.07, 6.45) is 0. The van der Waals surface area contributed by atoms with Crippen molar-refractivity contribution in [1.29, 1.82) is 0 Å². The van der Waals surface area contributed by atoms with Crippen molar-refractivity contribution in [2.75, 3.05) is 0 Å². The number of hydrogen-bond acceptors (Lipinski definition) is 3. The van der Waals surface area contributed by atoms with Crippen LogP contribution in [0.2, 0.25) is 0 Å². The van der Waals surface area contributed by atoms with E-state index in [4.69, 9.17) is 15.0 Å². The van der Waals surface area contributed by atoms with Crippen LogP contribution in [0.3, 0.4) is 0 Å². The van der Waals surface area contributed by atoms with Gasteiger partial charge in [-0.25, -0.2) is 15.0 Å². The molecule has 0 bridgehead atoms. The van der Waals surface area contributed by atoms with Crippen molar-refractivity contribution >= 4 is 50.6 Å². The van der Waals surface area contributed by atoms with Crippen LogP contribution in [0.4, 0.5) is 0 Å². The second-order valence-corrected chi connectivity index (χ2v) is 19.9. The molecular weight excluding hydrogens is 781 g/mol. The third-order valence-corrected chi connectivity index (χ3v) is 17.0. The number of hydrogen-bond donors (Lipinski definition) is 0. The second kappa shape index (κ2) is 16.1. The molecular formula is C58H42N4Si. The number of benzene rings is 9. The Morgan fingerprint density at radius 3 is 1.40 bits per heavy atom. The summed E-state index contributed by atoms with van der Waals surface area (Å²) in [5.74, 6) is 1.87. The molecule has 0 aliphatic heterocycles. The van der Waals surface area contributed by atoms with Crippen molar-refractivity contribution in [3.8, 4) is 51.0 Å². The minimum absolute atomic E-state index is 0.616. The quantitative estimate of drug-likeness (QED) is 0.108. The highest BCUT2D eigenvalue weighted by molar-refractivity contribution is 7.19. The highest BCUT2D eigenvalue weighted by Gasteiger charge is 2.41. The Hall–Kier alpha value is -7.99. The smallest absolute Gasteiger partial charge is 0.179 e. The number of nitrogens with zero attached hydrogens (tertiary/aromatic N) is 4. The molecule has 11 rings (SSSR count). The monoisotopic (exact) mass is 822 g/mol. The molecule has 298 valence electrons. The number of aryl methyl sites for hydroxylation is 1. The molecule has 0 aliphatic carbocycles. The summed E-state index contributed by atoms with van der Waals surface area (Å²) in [5, 5.41) is 7.73. The Morgan fingerprint density at radius 2 is 0.810 bits per heavy atom. The zero-order valence-electron chi connectivity index (χ0n) is 34.8. The molecule has 9 aromatic carbocycles. The van der Waals surface area contributed by atoms with Crippen molar-refractivity contribution in [2.45, 2.75) is 6.92 Å². The second-order valence-electron chi connectivity index (χ2n) is 16.1. The average Bonchev–Trinajstić information content (AvgIpc) is 3.69. The van der Waals surface area contributed by atoms with Gasteiger partial charge in [-0.3, -0.25) is 0 Å². The van der Waals surface area contributed by atoms with Gasteiger partial charge in [-0.1, -0.05) is 206 Å². The Bertz CT molecular complexity index is 3230. The van der Waals surface area contributed by atoms with Gasteiger partial charge in [0.15, 0.2) is 25.5 Å². The van der Waals surface area contributed by atoms with Gasteiger partial charge >= 0.3 is 0 Å². The summed E-state index contributed by atoms with van der Waals surface area (Å²) >= 11 is 0. The molecule has 0 unspecified atom stereocenters. The zero-order valence-corrected chi connectivity index (χ0v) is 35.8. The van der Waals surface area contributed by atoms with Gasteiger partial charge in [0, 0.05) is 33.2 Å². The molecule has 0 fully saturated rings. The maximum atomic E-state index is 5.28. The standard InChI is InChI=1S/C58H42N4Si/c1-41-34-37-55-53(38-41)50-32-17-18-33-54(50)62(55)45-35-36-51(58-60-56(42-20-7-2-8-21-42)59-57(61-58)43-22-9-3-10-23-43)52(40-45)44-24-19-31-49(39-44)63(46-25-11-4-12-26-46,47-27-13-5-14-28-47)48-29-15-6-16-30-48/h2-40H,1H3. The lowest BCUT2D eigenvalue weighted by Crippen LogP contribution is -2.74. The summed E-state index contributed by atoms with van der Waals surface area (Å²) in [5.41, 5.74) is 9.54. The van der Waals surface area contributed by atoms with E-state index in [0.29, 0.717) is 17.5 Å². The van der Waals surface area contributed by atoms with Crippen molar-refractivity contribution in [1.82, 2.24) is 19.5 Å². The SMILES string of the molecule is Cc1ccc2c(c1)c1ccccc1n2-c1ccc(-c2nc(-c3ccccc3)nc(-c3ccccc3)n2)c(-c2cccc([Si](c3ccccc3)(c3ccccc3)c3ccccc3)c2)c1. The molecule has 2 aromatic heterocycles. The van der Waals surface area contributed by atoms with Crippen LogP contribution in [-0.4, -0.2) is 27.6 Å². The lowest BCUT2D eigenvalue weighted by Gasteiger charge is -2.34. The van der Waals surface area contributed by atoms with Gasteiger partial charge in [-0.15, -0.1) is 0 Å². The molecule has 4 nitrogen and oxygen atoms in total. The van der Waals surface area contributed by atoms with Crippen LogP contribution >= 0.6 is 0 Å². The molecule has 0 atom stereocenters. The highest BCUT2D eigenvalue weighted by atomic mass is 28.3. The normalized spacial score (nSPS) is 11.6. The van der Waals surface area contributed by atoms with Gasteiger partial charge in [0.1, 0.15) is 0 Å². The maximum Gasteiger partial charge on any atom is 0.179 e. The molecule has 5 heteroatoms. The van der Waals surface area contributed by atoms with Gasteiger partial charge < -0.3 is 4.57 Å². The van der Waals surface area contributed by atoms with Gasteiger partial charge in [0.25, 0.3) is 0 Å². The summed E-state index contributed by atoms with van der Waals surface area (Å²) in [6.45, 7) is 2.16. The van der Waals surface area contributed by atoms with Crippen LogP contribution in [0.15, 0.2) is 237 Å². The van der Waals surface area contributed by atoms with E-state index < -0.39 is 8.07 Å². The molecule has 0 saturated carbocycles. The van der Waals surface area contributed by atoms with Crippen molar-refractivity contribution in [3.63, 3.8) is 0 Å². The number of fused-ring (bicyclic) bond motifs is 3. The minimum Gasteiger partial charge on any atom is -0.309 e.